The molecule has 0 amide bonds. The first kappa shape index (κ1) is 30.2. The van der Waals surface area contributed by atoms with Crippen LogP contribution in [0, 0.1) is 0 Å². The maximum Gasteiger partial charge on any atom is 0.416 e. The van der Waals surface area contributed by atoms with Crippen molar-refractivity contribution in [2.24, 2.45) is 0 Å². The number of fused-ring (bicyclic) bond motifs is 10. The van der Waals surface area contributed by atoms with Crippen molar-refractivity contribution in [2.75, 3.05) is 0 Å². The molecule has 1 N–H and O–H groups in total. The zero-order valence-corrected chi connectivity index (χ0v) is 26.1. The number of para-hydroxylation sites is 1. The molecule has 0 fully saturated rings. The lowest BCUT2D eigenvalue weighted by Crippen LogP contribution is -2.39. The molecule has 236 valence electrons. The number of aromatic amines is 1. The lowest BCUT2D eigenvalue weighted by Gasteiger charge is -2.43. The van der Waals surface area contributed by atoms with Crippen LogP contribution < -0.4 is 0 Å². The smallest absolute Gasteiger partial charge is 0.363 e. The third-order valence-electron chi connectivity index (χ3n) is 10.1. The van der Waals surface area contributed by atoms with Crippen LogP contribution in [0.4, 0.5) is 26.3 Å². The lowest BCUT2D eigenvalue weighted by atomic mass is 9.63. The average molecular weight is 645 g/mol. The molecule has 2 unspecified atom stereocenters. The second-order valence-corrected chi connectivity index (χ2v) is 13.4. The van der Waals surface area contributed by atoms with Gasteiger partial charge in [0.1, 0.15) is 0 Å². The number of nitrogens with one attached hydrogen (secondary N) is 1. The van der Waals surface area contributed by atoms with E-state index in [-0.39, 0.29) is 30.6 Å². The monoisotopic (exact) mass is 644 g/mol. The molecule has 0 radical (unpaired) electrons. The molecule has 1 aliphatic carbocycles. The fourth-order valence-corrected chi connectivity index (χ4v) is 8.13. The molecule has 0 bridgehead atoms. The van der Waals surface area contributed by atoms with Gasteiger partial charge in [0.15, 0.2) is 0 Å². The number of alkyl halides is 6. The van der Waals surface area contributed by atoms with Crippen LogP contribution in [0.15, 0.2) is 48.7 Å². The van der Waals surface area contributed by atoms with E-state index in [0.717, 1.165) is 69.1 Å². The minimum Gasteiger partial charge on any atom is -0.363 e. The number of hydrogen-bond acceptors (Lipinski definition) is 2. The predicted molar refractivity (Wildman–Crippen MR) is 160 cm³/mol. The Bertz CT molecular complexity index is 1910. The van der Waals surface area contributed by atoms with Gasteiger partial charge < -0.3 is 4.98 Å². The third-order valence-corrected chi connectivity index (χ3v) is 10.4. The van der Waals surface area contributed by atoms with Gasteiger partial charge in [-0.25, -0.2) is 4.68 Å². The Balaban J connectivity index is 1.42. The molecule has 0 spiro atoms. The van der Waals surface area contributed by atoms with Crippen LogP contribution in [0.5, 0.6) is 0 Å². The molecule has 4 aromatic rings. The van der Waals surface area contributed by atoms with E-state index in [4.69, 9.17) is 16.7 Å². The van der Waals surface area contributed by atoms with E-state index in [0.29, 0.717) is 5.02 Å². The van der Waals surface area contributed by atoms with E-state index in [1.165, 1.54) is 0 Å². The van der Waals surface area contributed by atoms with Gasteiger partial charge in [0, 0.05) is 47.6 Å². The fourth-order valence-electron chi connectivity index (χ4n) is 7.78. The van der Waals surface area contributed by atoms with Gasteiger partial charge in [-0.15, -0.1) is 0 Å². The van der Waals surface area contributed by atoms with E-state index >= 15 is 0 Å². The van der Waals surface area contributed by atoms with Crippen molar-refractivity contribution in [1.82, 2.24) is 19.7 Å². The molecule has 4 heterocycles. The number of benzene rings is 2. The van der Waals surface area contributed by atoms with Gasteiger partial charge in [-0.2, -0.15) is 31.4 Å². The molecule has 0 saturated heterocycles. The van der Waals surface area contributed by atoms with Crippen molar-refractivity contribution in [3.8, 4) is 5.69 Å². The van der Waals surface area contributed by atoms with Gasteiger partial charge in [-0.05, 0) is 56.0 Å². The molecule has 45 heavy (non-hydrogen) atoms. The Kier molecular flexibility index (Phi) is 6.38. The van der Waals surface area contributed by atoms with E-state index in [1.807, 2.05) is 29.5 Å². The van der Waals surface area contributed by atoms with Crippen molar-refractivity contribution >= 4 is 17.2 Å². The van der Waals surface area contributed by atoms with Crippen LogP contribution >= 0.6 is 11.6 Å². The largest absolute Gasteiger partial charge is 0.416 e. The molecule has 0 saturated carbocycles. The second-order valence-electron chi connectivity index (χ2n) is 13.0. The van der Waals surface area contributed by atoms with Crippen molar-refractivity contribution in [3.63, 3.8) is 0 Å². The highest BCUT2D eigenvalue weighted by molar-refractivity contribution is 6.32. The maximum atomic E-state index is 14.1. The van der Waals surface area contributed by atoms with Crippen LogP contribution in [0.3, 0.4) is 0 Å². The summed E-state index contributed by atoms with van der Waals surface area (Å²) in [7, 11) is 0. The summed E-state index contributed by atoms with van der Waals surface area (Å²) in [6.07, 6.45) is -5.02. The SMILES string of the molecule is CCc1cccc2c1-n1nc3c(c1C1(C)C2=CC(C)c2[nH]cc(Cl)c21)CN(Cc1ccc(C(F)(F)F)cc1C(F)(F)F)C3(C)C. The molecule has 7 rings (SSSR count). The van der Waals surface area contributed by atoms with Crippen LogP contribution in [-0.2, 0) is 42.8 Å². The van der Waals surface area contributed by atoms with E-state index in [1.54, 1.807) is 6.20 Å². The Morgan fingerprint density at radius 3 is 2.42 bits per heavy atom. The summed E-state index contributed by atoms with van der Waals surface area (Å²) in [6.45, 7) is 10.2. The number of H-pyrrole nitrogens is 1. The predicted octanol–water partition coefficient (Wildman–Crippen LogP) is 9.52. The molecular formula is C34H31ClF6N4. The second kappa shape index (κ2) is 9.51. The summed E-state index contributed by atoms with van der Waals surface area (Å²) < 4.78 is 84.5. The highest BCUT2D eigenvalue weighted by atomic mass is 35.5. The highest BCUT2D eigenvalue weighted by Gasteiger charge is 2.54. The topological polar surface area (TPSA) is 36.9 Å². The molecular weight excluding hydrogens is 614 g/mol. The summed E-state index contributed by atoms with van der Waals surface area (Å²) in [4.78, 5) is 5.22. The molecule has 2 aliphatic heterocycles. The average Bonchev–Trinajstić information content (AvgIpc) is 3.61. The number of aryl methyl sites for hydroxylation is 1. The normalized spacial score (nSPS) is 22.0. The zero-order valence-electron chi connectivity index (χ0n) is 25.3. The molecule has 11 heteroatoms. The van der Waals surface area contributed by atoms with Crippen molar-refractivity contribution in [1.29, 1.82) is 0 Å². The summed E-state index contributed by atoms with van der Waals surface area (Å²) in [6, 6.07) is 8.11. The van der Waals surface area contributed by atoms with Gasteiger partial charge in [0.25, 0.3) is 0 Å². The van der Waals surface area contributed by atoms with E-state index in [2.05, 4.69) is 44.0 Å². The minimum atomic E-state index is -4.95. The van der Waals surface area contributed by atoms with Crippen LogP contribution in [-0.4, -0.2) is 19.7 Å². The third kappa shape index (κ3) is 4.13. The minimum absolute atomic E-state index is 0.0598. The summed E-state index contributed by atoms with van der Waals surface area (Å²) >= 11 is 6.91. The first-order valence-electron chi connectivity index (χ1n) is 14.9. The van der Waals surface area contributed by atoms with Crippen molar-refractivity contribution < 1.29 is 26.3 Å². The van der Waals surface area contributed by atoms with Crippen molar-refractivity contribution in [2.45, 2.75) is 83.4 Å². The zero-order chi connectivity index (χ0) is 32.4. The number of aromatic nitrogens is 3. The van der Waals surface area contributed by atoms with Gasteiger partial charge in [-0.3, -0.25) is 4.90 Å². The van der Waals surface area contributed by atoms with E-state index in [9.17, 15) is 26.3 Å². The Hall–Kier alpha value is -3.50. The van der Waals surface area contributed by atoms with E-state index < -0.39 is 34.4 Å². The lowest BCUT2D eigenvalue weighted by molar-refractivity contribution is -0.143. The first-order valence-corrected chi connectivity index (χ1v) is 15.2. The van der Waals surface area contributed by atoms with Gasteiger partial charge in [0.2, 0.25) is 0 Å². The molecule has 2 atom stereocenters. The fraction of sp³-hybridized carbons (Fsp3) is 0.382. The summed E-state index contributed by atoms with van der Waals surface area (Å²) in [5.41, 5.74) is 4.35. The summed E-state index contributed by atoms with van der Waals surface area (Å²) in [5, 5.41) is 5.80. The Labute approximate surface area is 261 Å². The Morgan fingerprint density at radius 2 is 1.76 bits per heavy atom. The van der Waals surface area contributed by atoms with Gasteiger partial charge in [0.05, 0.1) is 44.2 Å². The number of rotatable bonds is 3. The summed E-state index contributed by atoms with van der Waals surface area (Å²) in [5.74, 6) is 0.0598. The number of halogens is 7. The van der Waals surface area contributed by atoms with Crippen LogP contribution in [0.2, 0.25) is 5.02 Å². The first-order chi connectivity index (χ1) is 21.0. The molecule has 2 aromatic heterocycles. The van der Waals surface area contributed by atoms with Gasteiger partial charge >= 0.3 is 12.4 Å². The number of nitrogens with zero attached hydrogens (tertiary/aromatic N) is 3. The molecule has 4 nitrogen and oxygen atoms in total. The number of hydrogen-bond donors (Lipinski definition) is 1. The highest BCUT2D eigenvalue weighted by Crippen LogP contribution is 2.59. The van der Waals surface area contributed by atoms with Crippen molar-refractivity contribution in [3.05, 3.63) is 110 Å². The van der Waals surface area contributed by atoms with Crippen LogP contribution in [0.1, 0.15) is 96.6 Å². The maximum absolute atomic E-state index is 14.1. The van der Waals surface area contributed by atoms with Gasteiger partial charge in [-0.1, -0.05) is 55.8 Å². The molecule has 3 aliphatic rings. The molecule has 2 aromatic carbocycles. The van der Waals surface area contributed by atoms with Crippen LogP contribution in [0.25, 0.3) is 11.3 Å². The standard InChI is InChI=1S/C34H31ClF6N4/c1-6-18-8-7-9-21-24-12-17(2)27-26(25(35)14-42-27)32(24,5)30-22-16-44(31(3,4)29(22)43-45(30)28(18)21)15-19-10-11-20(33(36,37)38)13-23(19)34(39,40)41/h7-14,17,42H,6,15-16H2,1-5H3. The number of allylic oxidation sites excluding steroid dienone is 2. The Morgan fingerprint density at radius 1 is 1.02 bits per heavy atom. The quantitative estimate of drug-likeness (QED) is 0.226.